The van der Waals surface area contributed by atoms with Gasteiger partial charge in [0.1, 0.15) is 5.75 Å². The van der Waals surface area contributed by atoms with Gasteiger partial charge < -0.3 is 14.7 Å². The molecule has 1 aliphatic rings. The second-order valence-corrected chi connectivity index (χ2v) is 5.74. The predicted octanol–water partition coefficient (Wildman–Crippen LogP) is 2.47. The van der Waals surface area contributed by atoms with E-state index in [0.29, 0.717) is 6.42 Å². The largest absolute Gasteiger partial charge is 0.496 e. The first kappa shape index (κ1) is 14.4. The molecule has 0 radical (unpaired) electrons. The highest BCUT2D eigenvalue weighted by Crippen LogP contribution is 2.38. The van der Waals surface area contributed by atoms with Gasteiger partial charge in [-0.2, -0.15) is 0 Å². The second-order valence-electron chi connectivity index (χ2n) is 5.74. The van der Waals surface area contributed by atoms with E-state index in [1.54, 1.807) is 7.11 Å². The number of aliphatic hydroxyl groups excluding tert-OH is 1. The van der Waals surface area contributed by atoms with Crippen LogP contribution in [-0.2, 0) is 6.42 Å². The molecule has 106 valence electrons. The van der Waals surface area contributed by atoms with Gasteiger partial charge >= 0.3 is 0 Å². The van der Waals surface area contributed by atoms with Crippen LogP contribution in [0.1, 0.15) is 31.2 Å². The minimum Gasteiger partial charge on any atom is -0.496 e. The fourth-order valence-electron chi connectivity index (χ4n) is 3.34. The summed E-state index contributed by atoms with van der Waals surface area (Å²) in [7, 11) is 5.84. The Hall–Kier alpha value is -1.06. The molecule has 0 heterocycles. The molecule has 1 aromatic rings. The Morgan fingerprint density at radius 1 is 1.26 bits per heavy atom. The van der Waals surface area contributed by atoms with Crippen molar-refractivity contribution in [1.29, 1.82) is 0 Å². The lowest BCUT2D eigenvalue weighted by atomic mass is 9.85. The molecule has 0 aliphatic heterocycles. The van der Waals surface area contributed by atoms with E-state index in [0.717, 1.165) is 24.2 Å². The van der Waals surface area contributed by atoms with E-state index >= 15 is 0 Å². The van der Waals surface area contributed by atoms with E-state index in [9.17, 15) is 5.11 Å². The summed E-state index contributed by atoms with van der Waals surface area (Å²) in [5, 5.41) is 10.7. The van der Waals surface area contributed by atoms with E-state index in [1.165, 1.54) is 12.8 Å². The van der Waals surface area contributed by atoms with Crippen LogP contribution >= 0.6 is 0 Å². The maximum Gasteiger partial charge on any atom is 0.122 e. The number of para-hydroxylation sites is 1. The zero-order chi connectivity index (χ0) is 13.9. The highest BCUT2D eigenvalue weighted by molar-refractivity contribution is 5.34. The fourth-order valence-corrected chi connectivity index (χ4v) is 3.34. The van der Waals surface area contributed by atoms with Gasteiger partial charge in [0.15, 0.2) is 0 Å². The Balaban J connectivity index is 2.17. The number of benzene rings is 1. The Kier molecular flexibility index (Phi) is 4.48. The molecule has 0 spiro atoms. The van der Waals surface area contributed by atoms with E-state index < -0.39 is 0 Å². The van der Waals surface area contributed by atoms with E-state index in [2.05, 4.69) is 19.0 Å². The van der Waals surface area contributed by atoms with Gasteiger partial charge in [-0.15, -0.1) is 0 Å². The van der Waals surface area contributed by atoms with Crippen molar-refractivity contribution in [2.24, 2.45) is 0 Å². The van der Waals surface area contributed by atoms with Crippen LogP contribution in [0.4, 0.5) is 0 Å². The van der Waals surface area contributed by atoms with Crippen molar-refractivity contribution in [1.82, 2.24) is 4.90 Å². The van der Waals surface area contributed by atoms with Crippen molar-refractivity contribution < 1.29 is 9.84 Å². The van der Waals surface area contributed by atoms with Crippen molar-refractivity contribution in [3.63, 3.8) is 0 Å². The molecule has 19 heavy (non-hydrogen) atoms. The molecular formula is C16H25NO2. The molecule has 1 unspecified atom stereocenters. The maximum atomic E-state index is 10.7. The Bertz CT molecular complexity index is 411. The Morgan fingerprint density at radius 2 is 1.89 bits per heavy atom. The zero-order valence-electron chi connectivity index (χ0n) is 12.2. The summed E-state index contributed by atoms with van der Waals surface area (Å²) in [6.45, 7) is 0. The number of methoxy groups -OCH3 is 1. The van der Waals surface area contributed by atoms with E-state index in [-0.39, 0.29) is 11.6 Å². The molecule has 1 aliphatic carbocycles. The standard InChI is InChI=1S/C16H25NO2/c1-17(2)16(10-6-7-11-16)15(18)12-13-8-4-5-9-14(13)19-3/h4-5,8-9,15,18H,6-7,10-12H2,1-3H3. The smallest absolute Gasteiger partial charge is 0.122 e. The number of rotatable bonds is 5. The minimum absolute atomic E-state index is 0.0686. The number of hydrogen-bond donors (Lipinski definition) is 1. The number of likely N-dealkylation sites (N-methyl/N-ethyl adjacent to an activating group) is 1. The lowest BCUT2D eigenvalue weighted by Crippen LogP contribution is -2.52. The molecule has 0 aromatic heterocycles. The van der Waals surface area contributed by atoms with Crippen LogP contribution < -0.4 is 4.74 Å². The van der Waals surface area contributed by atoms with Crippen LogP contribution in [0.15, 0.2) is 24.3 Å². The molecule has 1 atom stereocenters. The van der Waals surface area contributed by atoms with Crippen LogP contribution in [0.25, 0.3) is 0 Å². The molecule has 0 bridgehead atoms. The summed E-state index contributed by atoms with van der Waals surface area (Å²) >= 11 is 0. The van der Waals surface area contributed by atoms with Crippen molar-refractivity contribution in [2.75, 3.05) is 21.2 Å². The summed E-state index contributed by atoms with van der Waals surface area (Å²) in [5.74, 6) is 0.869. The third kappa shape index (κ3) is 2.77. The average molecular weight is 263 g/mol. The fraction of sp³-hybridized carbons (Fsp3) is 0.625. The van der Waals surface area contributed by atoms with Crippen molar-refractivity contribution >= 4 is 0 Å². The molecule has 1 saturated carbocycles. The SMILES string of the molecule is COc1ccccc1CC(O)C1(N(C)C)CCCC1. The molecule has 3 heteroatoms. The topological polar surface area (TPSA) is 32.7 Å². The van der Waals surface area contributed by atoms with Crippen molar-refractivity contribution in [3.05, 3.63) is 29.8 Å². The lowest BCUT2D eigenvalue weighted by Gasteiger charge is -2.40. The van der Waals surface area contributed by atoms with Gasteiger partial charge in [-0.25, -0.2) is 0 Å². The first-order valence-electron chi connectivity index (χ1n) is 7.07. The molecule has 0 saturated heterocycles. The van der Waals surface area contributed by atoms with Gasteiger partial charge in [0.05, 0.1) is 13.2 Å². The minimum atomic E-state index is -0.346. The summed E-state index contributed by atoms with van der Waals surface area (Å²) in [4.78, 5) is 2.21. The maximum absolute atomic E-state index is 10.7. The highest BCUT2D eigenvalue weighted by atomic mass is 16.5. The third-order valence-electron chi connectivity index (χ3n) is 4.59. The zero-order valence-corrected chi connectivity index (χ0v) is 12.2. The van der Waals surface area contributed by atoms with Crippen LogP contribution in [0.2, 0.25) is 0 Å². The highest BCUT2D eigenvalue weighted by Gasteiger charge is 2.42. The first-order chi connectivity index (χ1) is 9.10. The number of hydrogen-bond acceptors (Lipinski definition) is 3. The summed E-state index contributed by atoms with van der Waals surface area (Å²) in [5.41, 5.74) is 1.02. The summed E-state index contributed by atoms with van der Waals surface area (Å²) in [6.07, 6.45) is 4.89. The van der Waals surface area contributed by atoms with Gasteiger partial charge in [-0.3, -0.25) is 0 Å². The molecule has 1 fully saturated rings. The van der Waals surface area contributed by atoms with Crippen LogP contribution in [0, 0.1) is 0 Å². The monoisotopic (exact) mass is 263 g/mol. The number of nitrogens with zero attached hydrogens (tertiary/aromatic N) is 1. The van der Waals surface area contributed by atoms with Crippen molar-refractivity contribution in [3.8, 4) is 5.75 Å². The average Bonchev–Trinajstić information content (AvgIpc) is 2.90. The van der Waals surface area contributed by atoms with Gasteiger partial charge in [0.25, 0.3) is 0 Å². The van der Waals surface area contributed by atoms with Gasteiger partial charge in [-0.05, 0) is 38.6 Å². The van der Waals surface area contributed by atoms with E-state index in [1.807, 2.05) is 24.3 Å². The molecule has 2 rings (SSSR count). The molecular weight excluding hydrogens is 238 g/mol. The Labute approximate surface area is 116 Å². The van der Waals surface area contributed by atoms with Crippen LogP contribution in [0.3, 0.4) is 0 Å². The molecule has 1 N–H and O–H groups in total. The second kappa shape index (κ2) is 5.93. The number of ether oxygens (including phenoxy) is 1. The normalized spacial score (nSPS) is 19.6. The van der Waals surface area contributed by atoms with Gasteiger partial charge in [-0.1, -0.05) is 31.0 Å². The molecule has 0 amide bonds. The van der Waals surface area contributed by atoms with Gasteiger partial charge in [0, 0.05) is 12.0 Å². The van der Waals surface area contributed by atoms with Crippen molar-refractivity contribution in [2.45, 2.75) is 43.7 Å². The predicted molar refractivity (Wildman–Crippen MR) is 77.6 cm³/mol. The quantitative estimate of drug-likeness (QED) is 0.886. The summed E-state index contributed by atoms with van der Waals surface area (Å²) < 4.78 is 5.38. The van der Waals surface area contributed by atoms with Crippen LogP contribution in [0.5, 0.6) is 5.75 Å². The van der Waals surface area contributed by atoms with Crippen LogP contribution in [-0.4, -0.2) is 42.9 Å². The Morgan fingerprint density at radius 3 is 2.47 bits per heavy atom. The summed E-state index contributed by atoms with van der Waals surface area (Å²) in [6, 6.07) is 7.97. The number of aliphatic hydroxyl groups is 1. The molecule has 1 aromatic carbocycles. The third-order valence-corrected chi connectivity index (χ3v) is 4.59. The first-order valence-corrected chi connectivity index (χ1v) is 7.07. The molecule has 3 nitrogen and oxygen atoms in total. The lowest BCUT2D eigenvalue weighted by molar-refractivity contribution is -0.00277. The van der Waals surface area contributed by atoms with E-state index in [4.69, 9.17) is 4.74 Å². The van der Waals surface area contributed by atoms with Gasteiger partial charge in [0.2, 0.25) is 0 Å².